The van der Waals surface area contributed by atoms with Gasteiger partial charge in [-0.05, 0) is 6.08 Å². The van der Waals surface area contributed by atoms with Crippen LogP contribution in [0.5, 0.6) is 0 Å². The molecular formula is C7H14NO5S+. The lowest BCUT2D eigenvalue weighted by atomic mass is 10.2. The molecule has 14 heavy (non-hydrogen) atoms. The van der Waals surface area contributed by atoms with Crippen molar-refractivity contribution in [2.24, 2.45) is 0 Å². The highest BCUT2D eigenvalue weighted by molar-refractivity contribution is 7.88. The minimum Gasteiger partial charge on any atom is -0.475 e. The van der Waals surface area contributed by atoms with Gasteiger partial charge in [0.2, 0.25) is 0 Å². The zero-order valence-corrected chi connectivity index (χ0v) is 9.08. The largest absolute Gasteiger partial charge is 0.475 e. The van der Waals surface area contributed by atoms with E-state index in [1.54, 1.807) is 0 Å². The Labute approximate surface area is 82.8 Å². The fraction of sp³-hybridized carbons (Fsp3) is 0.571. The standard InChI is InChI=1S/C7H13NO5S/c1-5-7(6(9)10,8(2,3)4)14(11,12)13/h5H,1H2,2-4H3,(H-,9,10,11,12,13)/p+1. The number of carbonyl (C=O) groups is 1. The molecule has 0 aliphatic carbocycles. The van der Waals surface area contributed by atoms with E-state index in [1.165, 1.54) is 21.1 Å². The Kier molecular flexibility index (Phi) is 3.12. The van der Waals surface area contributed by atoms with Gasteiger partial charge in [-0.3, -0.25) is 9.04 Å². The molecule has 6 nitrogen and oxygen atoms in total. The molecular weight excluding hydrogens is 210 g/mol. The molecule has 0 fully saturated rings. The number of carboxylic acid groups (broad SMARTS) is 1. The van der Waals surface area contributed by atoms with Crippen LogP contribution in [0.25, 0.3) is 0 Å². The molecule has 1 atom stereocenters. The van der Waals surface area contributed by atoms with Gasteiger partial charge in [0.1, 0.15) is 0 Å². The first-order chi connectivity index (χ1) is 6.00. The van der Waals surface area contributed by atoms with Gasteiger partial charge in [0.15, 0.2) is 0 Å². The van der Waals surface area contributed by atoms with Gasteiger partial charge >= 0.3 is 21.0 Å². The van der Waals surface area contributed by atoms with Gasteiger partial charge in [-0.25, -0.2) is 4.79 Å². The summed E-state index contributed by atoms with van der Waals surface area (Å²) >= 11 is 0. The van der Waals surface area contributed by atoms with Crippen molar-refractivity contribution < 1.29 is 27.4 Å². The minimum absolute atomic E-state index is 0.509. The van der Waals surface area contributed by atoms with Crippen molar-refractivity contribution in [2.45, 2.75) is 4.87 Å². The number of aliphatic carboxylic acids is 1. The first kappa shape index (κ1) is 13.1. The van der Waals surface area contributed by atoms with Gasteiger partial charge < -0.3 is 5.11 Å². The average molecular weight is 224 g/mol. The van der Waals surface area contributed by atoms with E-state index in [2.05, 4.69) is 6.58 Å². The summed E-state index contributed by atoms with van der Waals surface area (Å²) < 4.78 is 30.6. The summed E-state index contributed by atoms with van der Waals surface area (Å²) in [5.41, 5.74) is 0. The molecule has 0 amide bonds. The van der Waals surface area contributed by atoms with Crippen LogP contribution in [-0.2, 0) is 14.9 Å². The Morgan fingerprint density at radius 2 is 1.79 bits per heavy atom. The Morgan fingerprint density at radius 3 is 1.79 bits per heavy atom. The Balaban J connectivity index is 5.98. The number of carboxylic acids is 1. The normalized spacial score (nSPS) is 17.1. The molecule has 0 aromatic rings. The highest BCUT2D eigenvalue weighted by atomic mass is 32.2. The van der Waals surface area contributed by atoms with Crippen molar-refractivity contribution in [2.75, 3.05) is 21.1 Å². The van der Waals surface area contributed by atoms with Crippen molar-refractivity contribution in [3.05, 3.63) is 12.7 Å². The molecule has 1 unspecified atom stereocenters. The summed E-state index contributed by atoms with van der Waals surface area (Å²) in [6, 6.07) is 0. The number of nitrogens with zero attached hydrogens (tertiary/aromatic N) is 1. The van der Waals surface area contributed by atoms with Crippen LogP contribution in [0.1, 0.15) is 0 Å². The molecule has 0 rings (SSSR count). The SMILES string of the molecule is C=CC(C(=O)O)([N+](C)(C)C)S(=O)(=O)O. The fourth-order valence-electron chi connectivity index (χ4n) is 1.21. The lowest BCUT2D eigenvalue weighted by molar-refractivity contribution is -0.891. The second-order valence-corrected chi connectivity index (χ2v) is 5.27. The lowest BCUT2D eigenvalue weighted by Crippen LogP contribution is -2.64. The van der Waals surface area contributed by atoms with Crippen LogP contribution in [-0.4, -0.2) is 54.5 Å². The van der Waals surface area contributed by atoms with Crippen molar-refractivity contribution in [1.29, 1.82) is 0 Å². The van der Waals surface area contributed by atoms with Gasteiger partial charge in [-0.15, -0.1) is 0 Å². The van der Waals surface area contributed by atoms with E-state index >= 15 is 0 Å². The van der Waals surface area contributed by atoms with E-state index in [-0.39, 0.29) is 0 Å². The van der Waals surface area contributed by atoms with Crippen LogP contribution in [0.2, 0.25) is 0 Å². The summed E-state index contributed by atoms with van der Waals surface area (Å²) in [6.07, 6.45) is 0.713. The zero-order valence-electron chi connectivity index (χ0n) is 8.26. The van der Waals surface area contributed by atoms with E-state index in [1.807, 2.05) is 0 Å². The summed E-state index contributed by atoms with van der Waals surface area (Å²) in [5.74, 6) is -1.66. The fourth-order valence-corrected chi connectivity index (χ4v) is 2.33. The predicted molar refractivity (Wildman–Crippen MR) is 50.1 cm³/mol. The second-order valence-electron chi connectivity index (χ2n) is 3.69. The first-order valence-electron chi connectivity index (χ1n) is 3.66. The predicted octanol–water partition coefficient (Wildman–Crippen LogP) is -0.453. The maximum atomic E-state index is 11.1. The van der Waals surface area contributed by atoms with Crippen LogP contribution < -0.4 is 0 Å². The second kappa shape index (κ2) is 3.34. The molecule has 0 radical (unpaired) electrons. The molecule has 0 spiro atoms. The summed E-state index contributed by atoms with van der Waals surface area (Å²) in [5, 5.41) is 8.87. The Bertz CT molecular complexity index is 353. The molecule has 82 valence electrons. The van der Waals surface area contributed by atoms with Crippen molar-refractivity contribution >= 4 is 16.1 Å². The summed E-state index contributed by atoms with van der Waals surface area (Å²) in [6.45, 7) is 3.15. The van der Waals surface area contributed by atoms with E-state index in [9.17, 15) is 13.2 Å². The number of quaternary nitrogens is 1. The smallest absolute Gasteiger partial charge is 0.389 e. The summed E-state index contributed by atoms with van der Waals surface area (Å²) in [4.78, 5) is 8.48. The molecule has 0 aromatic heterocycles. The van der Waals surface area contributed by atoms with Gasteiger partial charge in [-0.2, -0.15) is 8.42 Å². The third-order valence-corrected chi connectivity index (χ3v) is 3.65. The maximum absolute atomic E-state index is 11.1. The van der Waals surface area contributed by atoms with E-state index in [0.717, 1.165) is 0 Å². The van der Waals surface area contributed by atoms with Gasteiger partial charge in [0, 0.05) is 0 Å². The molecule has 0 saturated heterocycles. The number of hydrogen-bond acceptors (Lipinski definition) is 3. The maximum Gasteiger partial charge on any atom is 0.389 e. The molecule has 0 saturated carbocycles. The first-order valence-corrected chi connectivity index (χ1v) is 5.10. The number of rotatable bonds is 4. The van der Waals surface area contributed by atoms with Crippen molar-refractivity contribution in [3.8, 4) is 0 Å². The van der Waals surface area contributed by atoms with Gasteiger partial charge in [-0.1, -0.05) is 6.58 Å². The highest BCUT2D eigenvalue weighted by Gasteiger charge is 2.59. The quantitative estimate of drug-likeness (QED) is 0.383. The van der Waals surface area contributed by atoms with E-state index in [0.29, 0.717) is 6.08 Å². The molecule has 0 aromatic carbocycles. The van der Waals surface area contributed by atoms with Gasteiger partial charge in [0.25, 0.3) is 0 Å². The minimum atomic E-state index is -4.78. The van der Waals surface area contributed by atoms with Crippen LogP contribution in [0.3, 0.4) is 0 Å². The lowest BCUT2D eigenvalue weighted by Gasteiger charge is -2.37. The Hall–Kier alpha value is -0.920. The zero-order chi connectivity index (χ0) is 11.8. The van der Waals surface area contributed by atoms with Crippen LogP contribution in [0.15, 0.2) is 12.7 Å². The molecule has 2 N–H and O–H groups in total. The van der Waals surface area contributed by atoms with Crippen molar-refractivity contribution in [1.82, 2.24) is 0 Å². The van der Waals surface area contributed by atoms with Crippen LogP contribution in [0, 0.1) is 0 Å². The topological polar surface area (TPSA) is 91.7 Å². The third kappa shape index (κ3) is 1.66. The average Bonchev–Trinajstić information content (AvgIpc) is 1.80. The summed E-state index contributed by atoms with van der Waals surface area (Å²) in [7, 11) is -0.768. The highest BCUT2D eigenvalue weighted by Crippen LogP contribution is 2.26. The Morgan fingerprint density at radius 1 is 1.43 bits per heavy atom. The van der Waals surface area contributed by atoms with Crippen LogP contribution >= 0.6 is 0 Å². The number of hydrogen-bond donors (Lipinski definition) is 2. The van der Waals surface area contributed by atoms with E-state index < -0.39 is 25.4 Å². The van der Waals surface area contributed by atoms with Crippen molar-refractivity contribution in [3.63, 3.8) is 0 Å². The van der Waals surface area contributed by atoms with Crippen LogP contribution in [0.4, 0.5) is 0 Å². The van der Waals surface area contributed by atoms with Gasteiger partial charge in [0.05, 0.1) is 21.1 Å². The van der Waals surface area contributed by atoms with E-state index in [4.69, 9.17) is 9.66 Å². The molecule has 0 bridgehead atoms. The molecule has 7 heteroatoms. The third-order valence-electron chi connectivity index (χ3n) is 1.97. The molecule has 0 aliphatic rings. The monoisotopic (exact) mass is 224 g/mol. The molecule has 0 aliphatic heterocycles. The number of likely N-dealkylation sites (N-methyl/N-ethyl adjacent to an activating group) is 1. The molecule has 0 heterocycles.